The molecule has 4 heterocycles. The number of hydrogen-bond donors (Lipinski definition) is 5. The topological polar surface area (TPSA) is 110 Å². The maximum atomic E-state index is 3.93. The van der Waals surface area contributed by atoms with Crippen molar-refractivity contribution in [2.24, 2.45) is 15.0 Å². The third-order valence-corrected chi connectivity index (χ3v) is 5.01. The second-order valence-corrected chi connectivity index (χ2v) is 9.31. The van der Waals surface area contributed by atoms with E-state index in [2.05, 4.69) is 129 Å². The maximum absolute atomic E-state index is 3.93. The van der Waals surface area contributed by atoms with Gasteiger partial charge in [0.1, 0.15) is 42.3 Å². The molecule has 0 radical (unpaired) electrons. The van der Waals surface area contributed by atoms with Gasteiger partial charge in [-0.25, -0.2) is 20.4 Å². The summed E-state index contributed by atoms with van der Waals surface area (Å²) in [6.07, 6.45) is 5.03. The molecule has 5 N–H and O–H groups in total. The van der Waals surface area contributed by atoms with Crippen LogP contribution < -0.4 is 27.1 Å². The van der Waals surface area contributed by atoms with Crippen molar-refractivity contribution in [1.29, 1.82) is 0 Å². The lowest BCUT2D eigenvalue weighted by atomic mass is 10.3. The molecule has 0 unspecified atom stereocenters. The summed E-state index contributed by atoms with van der Waals surface area (Å²) in [5, 5.41) is 5.71. The van der Waals surface area contributed by atoms with E-state index >= 15 is 0 Å². The predicted molar refractivity (Wildman–Crippen MR) is 150 cm³/mol. The zero-order chi connectivity index (χ0) is 27.4. The Morgan fingerprint density at radius 3 is 1.39 bits per heavy atom. The highest BCUT2D eigenvalue weighted by atomic mass is 15.6. The van der Waals surface area contributed by atoms with Gasteiger partial charge in [-0.3, -0.25) is 31.3 Å². The molecule has 0 saturated carbocycles. The lowest BCUT2D eigenvalue weighted by Crippen LogP contribution is -2.36. The highest BCUT2D eigenvalue weighted by Crippen LogP contribution is 2.08. The highest BCUT2D eigenvalue weighted by molar-refractivity contribution is 5.59. The van der Waals surface area contributed by atoms with Crippen LogP contribution in [-0.4, -0.2) is 69.8 Å². The molecule has 4 aliphatic heterocycles. The fraction of sp³-hybridized carbons (Fsp3) is 0.542. The highest BCUT2D eigenvalue weighted by Gasteiger charge is 2.15. The molecule has 0 aliphatic carbocycles. The molecule has 202 valence electrons. The van der Waals surface area contributed by atoms with Crippen molar-refractivity contribution in [3.05, 3.63) is 49.6 Å². The van der Waals surface area contributed by atoms with E-state index in [1.165, 1.54) is 0 Å². The van der Waals surface area contributed by atoms with E-state index in [0.29, 0.717) is 30.0 Å². The van der Waals surface area contributed by atoms with Crippen molar-refractivity contribution < 1.29 is 0 Å². The van der Waals surface area contributed by atoms with E-state index in [9.17, 15) is 0 Å². The van der Waals surface area contributed by atoms with E-state index in [-0.39, 0.29) is 0 Å². The zero-order valence-corrected chi connectivity index (χ0v) is 23.2. The zero-order valence-electron chi connectivity index (χ0n) is 23.2. The summed E-state index contributed by atoms with van der Waals surface area (Å²) in [7, 11) is 0. The molecule has 0 aromatic rings. The molecule has 12 nitrogen and oxygen atoms in total. The maximum Gasteiger partial charge on any atom is 0.141 e. The van der Waals surface area contributed by atoms with Gasteiger partial charge in [-0.1, -0.05) is 26.3 Å². The van der Waals surface area contributed by atoms with E-state index in [1.807, 2.05) is 15.0 Å². The van der Waals surface area contributed by atoms with E-state index in [0.717, 1.165) is 24.1 Å². The van der Waals surface area contributed by atoms with Gasteiger partial charge in [-0.05, 0) is 55.4 Å². The standard InChI is InChI=1S/C6H13N3.3C6H11N3/c1-5(2)9-4-7-8-6(9)3;1-5(2)9-4-7-6(3)8-9;2*1-5(2)9-6(3)7-4-8-9/h5,7-8H,3-4H2,1-2H3;4-5,8H,3H2,1-2H3;2*4-5H,3H2,1-2H3,(H,7,8). The SMILES string of the molecule is C=C1N=CN(C(C)C)N1.C=C1N=CNN1C(C)C.C=C1N=CNN1C(C)C.C=C1NNCN1C(C)C. The van der Waals surface area contributed by atoms with Crippen LogP contribution in [-0.2, 0) is 0 Å². The number of hydrazine groups is 4. The normalized spacial score (nSPS) is 17.7. The average Bonchev–Trinajstić information content (AvgIpc) is 3.58. The van der Waals surface area contributed by atoms with Crippen LogP contribution in [0.3, 0.4) is 0 Å². The second-order valence-electron chi connectivity index (χ2n) is 9.31. The van der Waals surface area contributed by atoms with Crippen LogP contribution in [0.4, 0.5) is 0 Å². The first-order valence-electron chi connectivity index (χ1n) is 12.1. The minimum absolute atomic E-state index is 0.417. The second kappa shape index (κ2) is 14.7. The Labute approximate surface area is 217 Å². The van der Waals surface area contributed by atoms with Crippen LogP contribution >= 0.6 is 0 Å². The number of hydrogen-bond acceptors (Lipinski definition) is 12. The molecule has 36 heavy (non-hydrogen) atoms. The van der Waals surface area contributed by atoms with Crippen molar-refractivity contribution >= 4 is 19.0 Å². The predicted octanol–water partition coefficient (Wildman–Crippen LogP) is 2.38. The van der Waals surface area contributed by atoms with Crippen molar-refractivity contribution in [1.82, 2.24) is 47.1 Å². The summed E-state index contributed by atoms with van der Waals surface area (Å²) >= 11 is 0. The van der Waals surface area contributed by atoms with E-state index in [4.69, 9.17) is 0 Å². The van der Waals surface area contributed by atoms with E-state index in [1.54, 1.807) is 19.0 Å². The number of aliphatic imine (C=N–C) groups is 3. The van der Waals surface area contributed by atoms with Gasteiger partial charge in [0, 0.05) is 24.2 Å². The molecule has 0 amide bonds. The summed E-state index contributed by atoms with van der Waals surface area (Å²) in [5.74, 6) is 3.24. The fourth-order valence-electron chi connectivity index (χ4n) is 2.99. The Kier molecular flexibility index (Phi) is 12.4. The summed E-state index contributed by atoms with van der Waals surface area (Å²) in [6, 6.07) is 1.80. The molecule has 0 bridgehead atoms. The first kappa shape index (κ1) is 30.4. The lowest BCUT2D eigenvalue weighted by molar-refractivity contribution is 0.263. The molecule has 0 aromatic carbocycles. The van der Waals surface area contributed by atoms with Crippen molar-refractivity contribution in [2.75, 3.05) is 6.67 Å². The molecule has 0 aromatic heterocycles. The Morgan fingerprint density at radius 2 is 1.22 bits per heavy atom. The summed E-state index contributed by atoms with van der Waals surface area (Å²) in [6.45, 7) is 32.5. The first-order valence-corrected chi connectivity index (χ1v) is 12.1. The van der Waals surface area contributed by atoms with Crippen molar-refractivity contribution in [3.8, 4) is 0 Å². The van der Waals surface area contributed by atoms with Crippen LogP contribution in [0.2, 0.25) is 0 Å². The Bertz CT molecular complexity index is 796. The third-order valence-electron chi connectivity index (χ3n) is 5.01. The molecular weight excluding hydrogens is 456 g/mol. The van der Waals surface area contributed by atoms with Crippen LogP contribution in [0.25, 0.3) is 0 Å². The molecule has 0 spiro atoms. The Hall–Kier alpha value is -3.67. The minimum Gasteiger partial charge on any atom is -0.341 e. The average molecular weight is 503 g/mol. The minimum atomic E-state index is 0.417. The summed E-state index contributed by atoms with van der Waals surface area (Å²) in [4.78, 5) is 14.0. The van der Waals surface area contributed by atoms with Gasteiger partial charge >= 0.3 is 0 Å². The first-order chi connectivity index (χ1) is 16.8. The van der Waals surface area contributed by atoms with Crippen molar-refractivity contribution in [2.45, 2.75) is 79.6 Å². The van der Waals surface area contributed by atoms with Crippen LogP contribution in [0.5, 0.6) is 0 Å². The molecule has 0 atom stereocenters. The Balaban J connectivity index is 0.000000240. The number of nitrogens with zero attached hydrogens (tertiary/aromatic N) is 7. The molecule has 12 heteroatoms. The van der Waals surface area contributed by atoms with Crippen LogP contribution in [0.15, 0.2) is 64.6 Å². The number of nitrogens with one attached hydrogen (secondary N) is 5. The lowest BCUT2D eigenvalue weighted by Gasteiger charge is -2.21. The smallest absolute Gasteiger partial charge is 0.141 e. The van der Waals surface area contributed by atoms with Gasteiger partial charge in [0.2, 0.25) is 0 Å². The van der Waals surface area contributed by atoms with Gasteiger partial charge in [0.15, 0.2) is 0 Å². The van der Waals surface area contributed by atoms with Crippen LogP contribution in [0, 0.1) is 0 Å². The van der Waals surface area contributed by atoms with Gasteiger partial charge in [0.05, 0.1) is 6.67 Å². The molecule has 1 saturated heterocycles. The Morgan fingerprint density at radius 1 is 0.722 bits per heavy atom. The number of rotatable bonds is 4. The van der Waals surface area contributed by atoms with Crippen molar-refractivity contribution in [3.63, 3.8) is 0 Å². The summed E-state index contributed by atoms with van der Waals surface area (Å²) in [5.41, 5.74) is 14.8. The molecule has 4 aliphatic rings. The molecule has 1 fully saturated rings. The largest absolute Gasteiger partial charge is 0.341 e. The third kappa shape index (κ3) is 9.90. The van der Waals surface area contributed by atoms with Crippen LogP contribution in [0.1, 0.15) is 55.4 Å². The van der Waals surface area contributed by atoms with E-state index < -0.39 is 0 Å². The quantitative estimate of drug-likeness (QED) is 0.396. The van der Waals surface area contributed by atoms with Gasteiger partial charge in [0.25, 0.3) is 0 Å². The van der Waals surface area contributed by atoms with Gasteiger partial charge in [-0.2, -0.15) is 0 Å². The molecular formula is C24H46N12. The fourth-order valence-corrected chi connectivity index (χ4v) is 2.99. The van der Waals surface area contributed by atoms with Gasteiger partial charge in [-0.15, -0.1) is 0 Å². The monoisotopic (exact) mass is 502 g/mol. The molecule has 4 rings (SSSR count). The summed E-state index contributed by atoms with van der Waals surface area (Å²) < 4.78 is 0. The van der Waals surface area contributed by atoms with Gasteiger partial charge < -0.3 is 10.3 Å².